The van der Waals surface area contributed by atoms with Gasteiger partial charge in [-0.1, -0.05) is 72.8 Å². The zero-order chi connectivity index (χ0) is 23.2. The van der Waals surface area contributed by atoms with Gasteiger partial charge in [-0.25, -0.2) is 9.78 Å². The van der Waals surface area contributed by atoms with Crippen molar-refractivity contribution < 1.29 is 9.53 Å². The summed E-state index contributed by atoms with van der Waals surface area (Å²) in [6, 6.07) is 21.9. The molecule has 0 spiro atoms. The molecule has 33 heavy (non-hydrogen) atoms. The van der Waals surface area contributed by atoms with Gasteiger partial charge in [-0.3, -0.25) is 0 Å². The number of halogens is 1. The van der Waals surface area contributed by atoms with Gasteiger partial charge in [-0.2, -0.15) is 0 Å². The number of nitrogens with two attached hydrogens (primary N) is 1. The van der Waals surface area contributed by atoms with Crippen LogP contribution in [-0.4, -0.2) is 22.1 Å². The molecule has 0 atom stereocenters. The Morgan fingerprint density at radius 2 is 1.82 bits per heavy atom. The Kier molecular flexibility index (Phi) is 7.10. The molecule has 6 heteroatoms. The Bertz CT molecular complexity index is 1280. The topological polar surface area (TPSA) is 70.1 Å². The lowest BCUT2D eigenvalue weighted by molar-refractivity contribution is -0.139. The molecule has 0 aliphatic heterocycles. The van der Waals surface area contributed by atoms with Gasteiger partial charge in [0.25, 0.3) is 0 Å². The normalized spacial score (nSPS) is 10.9. The summed E-state index contributed by atoms with van der Waals surface area (Å²) in [6.07, 6.45) is 3.78. The van der Waals surface area contributed by atoms with Gasteiger partial charge in [0.15, 0.2) is 0 Å². The van der Waals surface area contributed by atoms with Crippen LogP contribution in [0.3, 0.4) is 0 Å². The summed E-state index contributed by atoms with van der Waals surface area (Å²) in [5.74, 6) is -0.354. The predicted molar refractivity (Wildman–Crippen MR) is 134 cm³/mol. The number of esters is 1. The highest BCUT2D eigenvalue weighted by atomic mass is 35.5. The minimum Gasteiger partial charge on any atom is -0.462 e. The van der Waals surface area contributed by atoms with Crippen molar-refractivity contribution in [2.24, 2.45) is 0 Å². The van der Waals surface area contributed by atoms with Crippen molar-refractivity contribution in [2.45, 2.75) is 25.8 Å². The summed E-state index contributed by atoms with van der Waals surface area (Å²) in [7, 11) is 0. The highest BCUT2D eigenvalue weighted by Crippen LogP contribution is 2.25. The number of aromatic nitrogens is 2. The van der Waals surface area contributed by atoms with Crippen molar-refractivity contribution in [2.75, 3.05) is 12.3 Å². The zero-order valence-corrected chi connectivity index (χ0v) is 19.1. The standard InChI is InChI=1S/C27H26ClN3O2/c1-19(14-20-8-7-11-22(15-20)21-9-3-2-4-10-21)27(32)33-13-6-5-12-31-18-30-26-24(29)16-23(28)17-25(26)31/h2-4,7-11,15-18H,1,5-6,12-14,29H2. The highest BCUT2D eigenvalue weighted by molar-refractivity contribution is 6.31. The summed E-state index contributed by atoms with van der Waals surface area (Å²) in [5.41, 5.74) is 11.9. The number of ether oxygens (including phenoxy) is 1. The zero-order valence-electron chi connectivity index (χ0n) is 18.3. The third kappa shape index (κ3) is 5.62. The first-order valence-electron chi connectivity index (χ1n) is 10.9. The number of fused-ring (bicyclic) bond motifs is 1. The van der Waals surface area contributed by atoms with Gasteiger partial charge < -0.3 is 15.0 Å². The molecule has 0 saturated heterocycles. The minimum absolute atomic E-state index is 0.345. The minimum atomic E-state index is -0.354. The van der Waals surface area contributed by atoms with Crippen molar-refractivity contribution in [1.82, 2.24) is 9.55 Å². The second-order valence-corrected chi connectivity index (χ2v) is 8.43. The summed E-state index contributed by atoms with van der Waals surface area (Å²) < 4.78 is 7.44. The van der Waals surface area contributed by atoms with Gasteiger partial charge in [-0.05, 0) is 41.7 Å². The number of carbonyl (C=O) groups excluding carboxylic acids is 1. The number of nitrogens with zero attached hydrogens (tertiary/aromatic N) is 2. The van der Waals surface area contributed by atoms with E-state index >= 15 is 0 Å². The number of hydrogen-bond acceptors (Lipinski definition) is 4. The van der Waals surface area contributed by atoms with Gasteiger partial charge in [0.05, 0.1) is 24.1 Å². The van der Waals surface area contributed by atoms with E-state index in [1.54, 1.807) is 12.4 Å². The highest BCUT2D eigenvalue weighted by Gasteiger charge is 2.11. The molecule has 0 radical (unpaired) electrons. The van der Waals surface area contributed by atoms with Crippen LogP contribution in [-0.2, 0) is 22.5 Å². The molecule has 5 nitrogen and oxygen atoms in total. The van der Waals surface area contributed by atoms with E-state index in [4.69, 9.17) is 22.1 Å². The van der Waals surface area contributed by atoms with Gasteiger partial charge in [0.1, 0.15) is 5.52 Å². The fourth-order valence-electron chi connectivity index (χ4n) is 3.79. The molecule has 2 N–H and O–H groups in total. The largest absolute Gasteiger partial charge is 0.462 e. The van der Waals surface area contributed by atoms with E-state index in [0.717, 1.165) is 47.1 Å². The third-order valence-electron chi connectivity index (χ3n) is 5.49. The molecule has 0 unspecified atom stereocenters. The Morgan fingerprint density at radius 1 is 1.03 bits per heavy atom. The van der Waals surface area contributed by atoms with Crippen LogP contribution < -0.4 is 5.73 Å². The first-order chi connectivity index (χ1) is 16.0. The van der Waals surface area contributed by atoms with Crippen LogP contribution in [0.5, 0.6) is 0 Å². The van der Waals surface area contributed by atoms with Crippen molar-refractivity contribution in [3.8, 4) is 11.1 Å². The first-order valence-corrected chi connectivity index (χ1v) is 11.3. The number of benzene rings is 3. The monoisotopic (exact) mass is 459 g/mol. The van der Waals surface area contributed by atoms with E-state index in [-0.39, 0.29) is 5.97 Å². The SMILES string of the molecule is C=C(Cc1cccc(-c2ccccc2)c1)C(=O)OCCCCn1cnc2c(N)cc(Cl)cc21. The van der Waals surface area contributed by atoms with Crippen LogP contribution in [0.4, 0.5) is 5.69 Å². The lowest BCUT2D eigenvalue weighted by Crippen LogP contribution is -2.10. The summed E-state index contributed by atoms with van der Waals surface area (Å²) in [4.78, 5) is 16.7. The maximum Gasteiger partial charge on any atom is 0.333 e. The lowest BCUT2D eigenvalue weighted by atomic mass is 10.00. The number of rotatable bonds is 9. The van der Waals surface area contributed by atoms with E-state index in [2.05, 4.69) is 35.8 Å². The van der Waals surface area contributed by atoms with Crippen LogP contribution in [0.25, 0.3) is 22.2 Å². The lowest BCUT2D eigenvalue weighted by Gasteiger charge is -2.09. The molecular formula is C27H26ClN3O2. The predicted octanol–water partition coefficient (Wildman–Crippen LogP) is 6.06. The quantitative estimate of drug-likeness (QED) is 0.143. The maximum atomic E-state index is 12.4. The smallest absolute Gasteiger partial charge is 0.333 e. The number of aryl methyl sites for hydroxylation is 1. The molecule has 168 valence electrons. The molecule has 0 amide bonds. The van der Waals surface area contributed by atoms with Gasteiger partial charge in [0, 0.05) is 23.6 Å². The Labute approximate surface area is 198 Å². The fourth-order valence-corrected chi connectivity index (χ4v) is 4.01. The number of anilines is 1. The Morgan fingerprint density at radius 3 is 2.64 bits per heavy atom. The van der Waals surface area contributed by atoms with E-state index < -0.39 is 0 Å². The van der Waals surface area contributed by atoms with E-state index in [1.807, 2.05) is 41.0 Å². The molecule has 3 aromatic carbocycles. The third-order valence-corrected chi connectivity index (χ3v) is 5.70. The second kappa shape index (κ2) is 10.4. The average Bonchev–Trinajstić information content (AvgIpc) is 3.22. The molecule has 0 fully saturated rings. The van der Waals surface area contributed by atoms with Gasteiger partial charge in [-0.15, -0.1) is 0 Å². The number of unbranched alkanes of at least 4 members (excludes halogenated alkanes) is 1. The molecule has 0 bridgehead atoms. The van der Waals surface area contributed by atoms with Crippen LogP contribution in [0, 0.1) is 0 Å². The number of hydrogen-bond donors (Lipinski definition) is 1. The molecule has 0 aliphatic carbocycles. The van der Waals surface area contributed by atoms with Crippen molar-refractivity contribution in [3.05, 3.63) is 95.8 Å². The Hall–Kier alpha value is -3.57. The Balaban J connectivity index is 1.24. The first kappa shape index (κ1) is 22.6. The van der Waals surface area contributed by atoms with Crippen molar-refractivity contribution >= 4 is 34.3 Å². The number of imidazole rings is 1. The summed E-state index contributed by atoms with van der Waals surface area (Å²) >= 11 is 6.11. The van der Waals surface area contributed by atoms with Crippen LogP contribution in [0.15, 0.2) is 85.2 Å². The molecule has 1 heterocycles. The number of carbonyl (C=O) groups is 1. The van der Waals surface area contributed by atoms with Gasteiger partial charge in [0.2, 0.25) is 0 Å². The molecule has 0 saturated carbocycles. The molecule has 0 aliphatic rings. The van der Waals surface area contributed by atoms with Crippen molar-refractivity contribution in [3.63, 3.8) is 0 Å². The van der Waals surface area contributed by atoms with E-state index in [0.29, 0.717) is 29.3 Å². The molecule has 4 aromatic rings. The van der Waals surface area contributed by atoms with Crippen LogP contribution in [0.2, 0.25) is 5.02 Å². The van der Waals surface area contributed by atoms with Crippen LogP contribution in [0.1, 0.15) is 18.4 Å². The fraction of sp³-hybridized carbons (Fsp3) is 0.185. The van der Waals surface area contributed by atoms with E-state index in [9.17, 15) is 4.79 Å². The molecular weight excluding hydrogens is 434 g/mol. The summed E-state index contributed by atoms with van der Waals surface area (Å²) in [6.45, 7) is 5.01. The average molecular weight is 460 g/mol. The van der Waals surface area contributed by atoms with Gasteiger partial charge >= 0.3 is 5.97 Å². The van der Waals surface area contributed by atoms with E-state index in [1.165, 1.54) is 0 Å². The molecule has 4 rings (SSSR count). The van der Waals surface area contributed by atoms with Crippen molar-refractivity contribution in [1.29, 1.82) is 0 Å². The maximum absolute atomic E-state index is 12.4. The second-order valence-electron chi connectivity index (χ2n) is 7.99. The summed E-state index contributed by atoms with van der Waals surface area (Å²) in [5, 5.41) is 0.587. The van der Waals surface area contributed by atoms with Crippen LogP contribution >= 0.6 is 11.6 Å². The molecule has 1 aromatic heterocycles. The number of nitrogen functional groups attached to an aromatic ring is 1.